The van der Waals surface area contributed by atoms with Gasteiger partial charge in [0.25, 0.3) is 0 Å². The van der Waals surface area contributed by atoms with Gasteiger partial charge in [-0.1, -0.05) is 20.3 Å². The molecule has 0 aromatic heterocycles. The van der Waals surface area contributed by atoms with E-state index in [4.69, 9.17) is 10.2 Å². The fourth-order valence-electron chi connectivity index (χ4n) is 0.158. The van der Waals surface area contributed by atoms with Crippen LogP contribution in [0, 0.1) is 0 Å². The van der Waals surface area contributed by atoms with E-state index < -0.39 is 0 Å². The van der Waals surface area contributed by atoms with E-state index in [1.54, 1.807) is 6.92 Å². The molecule has 0 rings (SSSR count). The average Bonchev–Trinajstić information content (AvgIpc) is 1.91. The summed E-state index contributed by atoms with van der Waals surface area (Å²) >= 11 is 0. The lowest BCUT2D eigenvalue weighted by Gasteiger charge is -1.90. The molecule has 0 aromatic rings. The number of hydrogen-bond acceptors (Lipinski definition) is 2. The van der Waals surface area contributed by atoms with Crippen LogP contribution in [0.3, 0.4) is 0 Å². The second kappa shape index (κ2) is 11.7. The van der Waals surface area contributed by atoms with Gasteiger partial charge in [-0.2, -0.15) is 0 Å². The fourth-order valence-corrected chi connectivity index (χ4v) is 0.158. The summed E-state index contributed by atoms with van der Waals surface area (Å²) in [6.45, 7) is 6.12. The molecule has 0 spiro atoms. The first-order valence-electron chi connectivity index (χ1n) is 3.97. The van der Waals surface area contributed by atoms with Crippen LogP contribution in [0.5, 0.6) is 0 Å². The summed E-state index contributed by atoms with van der Waals surface area (Å²) in [7, 11) is 0. The van der Waals surface area contributed by atoms with Crippen molar-refractivity contribution in [3.8, 4) is 0 Å². The molecule has 0 radical (unpaired) electrons. The third-order valence-electron chi connectivity index (χ3n) is 1.10. The first-order valence-corrected chi connectivity index (χ1v) is 3.97. The molecule has 2 N–H and O–H groups in total. The Morgan fingerprint density at radius 2 is 1.70 bits per heavy atom. The van der Waals surface area contributed by atoms with Crippen molar-refractivity contribution in [2.75, 3.05) is 6.61 Å². The summed E-state index contributed by atoms with van der Waals surface area (Å²) in [6.07, 6.45) is 2.78. The topological polar surface area (TPSA) is 40.5 Å². The zero-order chi connectivity index (χ0) is 8.41. The number of hydrogen-bond donors (Lipinski definition) is 2. The van der Waals surface area contributed by atoms with E-state index in [9.17, 15) is 0 Å². The summed E-state index contributed by atoms with van der Waals surface area (Å²) < 4.78 is 0. The largest absolute Gasteiger partial charge is 0.396 e. The molecule has 2 nitrogen and oxygen atoms in total. The quantitative estimate of drug-likeness (QED) is 0.637. The highest BCUT2D eigenvalue weighted by molar-refractivity contribution is 4.34. The van der Waals surface area contributed by atoms with Crippen LogP contribution in [0.4, 0.5) is 0 Å². The number of aliphatic hydroxyl groups is 2. The number of rotatable bonds is 3. The fraction of sp³-hybridized carbons (Fsp3) is 1.00. The zero-order valence-corrected chi connectivity index (χ0v) is 7.30. The molecule has 0 saturated heterocycles. The molecular formula is C8H20O2. The molecule has 64 valence electrons. The van der Waals surface area contributed by atoms with Crippen LogP contribution in [0.15, 0.2) is 0 Å². The van der Waals surface area contributed by atoms with Gasteiger partial charge in [-0.25, -0.2) is 0 Å². The van der Waals surface area contributed by atoms with Crippen molar-refractivity contribution in [3.05, 3.63) is 0 Å². The van der Waals surface area contributed by atoms with E-state index in [0.717, 1.165) is 19.3 Å². The van der Waals surface area contributed by atoms with Crippen molar-refractivity contribution >= 4 is 0 Å². The van der Waals surface area contributed by atoms with E-state index in [1.807, 2.05) is 6.92 Å². The summed E-state index contributed by atoms with van der Waals surface area (Å²) in [5.74, 6) is 0. The molecule has 0 aromatic carbocycles. The van der Waals surface area contributed by atoms with Crippen molar-refractivity contribution < 1.29 is 10.2 Å². The molecule has 0 aliphatic heterocycles. The van der Waals surface area contributed by atoms with Crippen molar-refractivity contribution in [1.82, 2.24) is 0 Å². The molecule has 10 heavy (non-hydrogen) atoms. The molecule has 0 bridgehead atoms. The van der Waals surface area contributed by atoms with Crippen molar-refractivity contribution in [2.24, 2.45) is 0 Å². The van der Waals surface area contributed by atoms with Crippen molar-refractivity contribution in [2.45, 2.75) is 46.1 Å². The van der Waals surface area contributed by atoms with Crippen LogP contribution in [-0.2, 0) is 0 Å². The van der Waals surface area contributed by atoms with Gasteiger partial charge in [-0.15, -0.1) is 0 Å². The van der Waals surface area contributed by atoms with Crippen LogP contribution < -0.4 is 0 Å². The smallest absolute Gasteiger partial charge is 0.0509 e. The predicted molar refractivity (Wildman–Crippen MR) is 44.0 cm³/mol. The molecule has 0 fully saturated rings. The molecule has 2 heteroatoms. The molecule has 1 atom stereocenters. The van der Waals surface area contributed by atoms with Crippen molar-refractivity contribution in [3.63, 3.8) is 0 Å². The highest BCUT2D eigenvalue weighted by Gasteiger charge is 1.81. The lowest BCUT2D eigenvalue weighted by molar-refractivity contribution is 0.191. The molecule has 0 aliphatic carbocycles. The normalized spacial score (nSPS) is 11.7. The number of unbranched alkanes of at least 4 members (excludes halogenated alkanes) is 1. The van der Waals surface area contributed by atoms with Crippen molar-refractivity contribution in [1.29, 1.82) is 0 Å². The molecule has 0 saturated carbocycles. The van der Waals surface area contributed by atoms with Gasteiger partial charge in [0, 0.05) is 6.61 Å². The van der Waals surface area contributed by atoms with Crippen LogP contribution in [0.2, 0.25) is 0 Å². The maximum atomic E-state index is 8.36. The Labute approximate surface area is 63.9 Å². The summed E-state index contributed by atoms with van der Waals surface area (Å²) in [5, 5.41) is 16.4. The van der Waals surface area contributed by atoms with E-state index in [-0.39, 0.29) is 6.10 Å². The first-order chi connectivity index (χ1) is 4.68. The Morgan fingerprint density at radius 1 is 1.30 bits per heavy atom. The van der Waals surface area contributed by atoms with E-state index in [1.165, 1.54) is 0 Å². The standard InChI is InChI=1S/2C4H10O/c1-3-4(2)5;1-2-3-4-5/h4-5H,3H2,1-2H3;5H,2-4H2,1H3. The maximum absolute atomic E-state index is 8.36. The predicted octanol–water partition coefficient (Wildman–Crippen LogP) is 1.56. The minimum Gasteiger partial charge on any atom is -0.396 e. The highest BCUT2D eigenvalue weighted by Crippen LogP contribution is 1.81. The summed E-state index contributed by atoms with van der Waals surface area (Å²) in [6, 6.07) is 0. The van der Waals surface area contributed by atoms with Gasteiger partial charge in [0.05, 0.1) is 6.10 Å². The van der Waals surface area contributed by atoms with E-state index >= 15 is 0 Å². The third-order valence-corrected chi connectivity index (χ3v) is 1.10. The van der Waals surface area contributed by atoms with Gasteiger partial charge >= 0.3 is 0 Å². The van der Waals surface area contributed by atoms with Gasteiger partial charge in [0.2, 0.25) is 0 Å². The van der Waals surface area contributed by atoms with Gasteiger partial charge < -0.3 is 10.2 Å². The van der Waals surface area contributed by atoms with Gasteiger partial charge in [0.1, 0.15) is 0 Å². The van der Waals surface area contributed by atoms with E-state index in [0.29, 0.717) is 6.61 Å². The van der Waals surface area contributed by atoms with Gasteiger partial charge in [-0.05, 0) is 19.8 Å². The average molecular weight is 148 g/mol. The zero-order valence-electron chi connectivity index (χ0n) is 7.30. The van der Waals surface area contributed by atoms with Crippen LogP contribution in [0.25, 0.3) is 0 Å². The van der Waals surface area contributed by atoms with Crippen LogP contribution in [0.1, 0.15) is 40.0 Å². The van der Waals surface area contributed by atoms with E-state index in [2.05, 4.69) is 6.92 Å². The highest BCUT2D eigenvalue weighted by atomic mass is 16.3. The lowest BCUT2D eigenvalue weighted by atomic mass is 10.3. The molecule has 0 aliphatic rings. The molecule has 0 heterocycles. The second-order valence-electron chi connectivity index (χ2n) is 2.33. The molecule has 0 amide bonds. The molecule has 1 unspecified atom stereocenters. The molecular weight excluding hydrogens is 128 g/mol. The van der Waals surface area contributed by atoms with Gasteiger partial charge in [0.15, 0.2) is 0 Å². The Kier molecular flexibility index (Phi) is 14.7. The Morgan fingerprint density at radius 3 is 1.70 bits per heavy atom. The number of aliphatic hydroxyl groups excluding tert-OH is 2. The Balaban J connectivity index is 0. The minimum atomic E-state index is -0.116. The van der Waals surface area contributed by atoms with Gasteiger partial charge in [-0.3, -0.25) is 0 Å². The minimum absolute atomic E-state index is 0.116. The van der Waals surface area contributed by atoms with Crippen LogP contribution >= 0.6 is 0 Å². The van der Waals surface area contributed by atoms with Crippen LogP contribution in [-0.4, -0.2) is 22.9 Å². The summed E-state index contributed by atoms with van der Waals surface area (Å²) in [5.41, 5.74) is 0. The Bertz CT molecular complexity index is 42.5. The lowest BCUT2D eigenvalue weighted by Crippen LogP contribution is -1.93. The monoisotopic (exact) mass is 148 g/mol. The SMILES string of the molecule is CCC(C)O.CCCCO. The first kappa shape index (κ1) is 12.6. The summed E-state index contributed by atoms with van der Waals surface area (Å²) in [4.78, 5) is 0. The third kappa shape index (κ3) is 24.7. The second-order valence-corrected chi connectivity index (χ2v) is 2.33. The maximum Gasteiger partial charge on any atom is 0.0509 e. The Hall–Kier alpha value is -0.0800.